The van der Waals surface area contributed by atoms with Crippen molar-refractivity contribution in [2.45, 2.75) is 13.8 Å². The van der Waals surface area contributed by atoms with E-state index in [4.69, 9.17) is 0 Å². The summed E-state index contributed by atoms with van der Waals surface area (Å²) >= 11 is 0. The molecule has 0 radical (unpaired) electrons. The molecule has 4 heteroatoms. The molecule has 2 aromatic heterocycles. The van der Waals surface area contributed by atoms with Crippen molar-refractivity contribution in [1.29, 1.82) is 5.26 Å². The highest BCUT2D eigenvalue weighted by Crippen LogP contribution is 2.27. The van der Waals surface area contributed by atoms with Crippen molar-refractivity contribution in [2.24, 2.45) is 0 Å². The van der Waals surface area contributed by atoms with Crippen LogP contribution in [0.25, 0.3) is 33.6 Å². The number of nitrogens with one attached hydrogen (secondary N) is 2. The first-order valence-corrected chi connectivity index (χ1v) is 7.81. The van der Waals surface area contributed by atoms with Crippen LogP contribution in [0.15, 0.2) is 42.5 Å². The van der Waals surface area contributed by atoms with Crippen molar-refractivity contribution in [3.8, 4) is 6.07 Å². The fraction of sp³-hybridized carbons (Fsp3) is 0.100. The van der Waals surface area contributed by atoms with E-state index >= 15 is 0 Å². The maximum Gasteiger partial charge on any atom is 0.149 e. The molecule has 24 heavy (non-hydrogen) atoms. The van der Waals surface area contributed by atoms with Gasteiger partial charge < -0.3 is 9.97 Å². The van der Waals surface area contributed by atoms with E-state index in [1.807, 2.05) is 56.3 Å². The summed E-state index contributed by atoms with van der Waals surface area (Å²) in [6.45, 7) is 4.05. The highest BCUT2D eigenvalue weighted by molar-refractivity contribution is 5.98. The van der Waals surface area contributed by atoms with Crippen LogP contribution in [0.1, 0.15) is 22.6 Å². The van der Waals surface area contributed by atoms with Crippen molar-refractivity contribution < 1.29 is 0 Å². The number of imidazole rings is 1. The van der Waals surface area contributed by atoms with Gasteiger partial charge in [0, 0.05) is 22.2 Å². The van der Waals surface area contributed by atoms with E-state index in [-0.39, 0.29) is 0 Å². The Morgan fingerprint density at radius 3 is 2.75 bits per heavy atom. The Morgan fingerprint density at radius 1 is 1.08 bits per heavy atom. The first-order valence-electron chi connectivity index (χ1n) is 7.81. The second kappa shape index (κ2) is 5.39. The van der Waals surface area contributed by atoms with Gasteiger partial charge >= 0.3 is 0 Å². The number of H-pyrrole nitrogens is 2. The van der Waals surface area contributed by atoms with E-state index in [0.717, 1.165) is 38.8 Å². The lowest BCUT2D eigenvalue weighted by Gasteiger charge is -1.96. The Kier molecular flexibility index (Phi) is 3.21. The summed E-state index contributed by atoms with van der Waals surface area (Å²) in [5.74, 6) is 0.600. The predicted molar refractivity (Wildman–Crippen MR) is 97.4 cm³/mol. The van der Waals surface area contributed by atoms with Gasteiger partial charge in [-0.3, -0.25) is 0 Å². The monoisotopic (exact) mass is 312 g/mol. The number of benzene rings is 2. The summed E-state index contributed by atoms with van der Waals surface area (Å²) in [6.07, 6.45) is 1.90. The van der Waals surface area contributed by atoms with Crippen LogP contribution in [0.5, 0.6) is 0 Å². The number of aromatic amines is 2. The fourth-order valence-corrected chi connectivity index (χ4v) is 3.03. The largest absolute Gasteiger partial charge is 0.358 e. The molecule has 0 saturated carbocycles. The molecular formula is C20H16N4. The van der Waals surface area contributed by atoms with Gasteiger partial charge in [0.2, 0.25) is 0 Å². The fourth-order valence-electron chi connectivity index (χ4n) is 3.03. The first-order chi connectivity index (χ1) is 11.7. The molecule has 0 atom stereocenters. The molecule has 4 rings (SSSR count). The number of fused-ring (bicyclic) bond motifs is 2. The van der Waals surface area contributed by atoms with E-state index in [9.17, 15) is 5.26 Å². The third-order valence-corrected chi connectivity index (χ3v) is 4.25. The zero-order valence-electron chi connectivity index (χ0n) is 13.5. The molecule has 0 saturated heterocycles. The topological polar surface area (TPSA) is 68.3 Å². The molecule has 0 amide bonds. The number of nitriles is 1. The van der Waals surface area contributed by atoms with Gasteiger partial charge in [0.25, 0.3) is 0 Å². The molecule has 2 aromatic carbocycles. The SMILES string of the molecule is Cc1ccc2nc(/C(C#N)=C\c3c(C)[nH]c4ccccc34)[nH]c2c1. The number of aryl methyl sites for hydroxylation is 2. The van der Waals surface area contributed by atoms with Gasteiger partial charge in [0.15, 0.2) is 0 Å². The molecule has 116 valence electrons. The molecule has 0 aliphatic heterocycles. The summed E-state index contributed by atoms with van der Waals surface area (Å²) in [5, 5.41) is 10.7. The van der Waals surface area contributed by atoms with Crippen LogP contribution >= 0.6 is 0 Å². The van der Waals surface area contributed by atoms with Crippen molar-refractivity contribution >= 4 is 33.6 Å². The van der Waals surface area contributed by atoms with Crippen molar-refractivity contribution in [2.75, 3.05) is 0 Å². The van der Waals surface area contributed by atoms with Crippen molar-refractivity contribution in [3.05, 3.63) is 65.1 Å². The van der Waals surface area contributed by atoms with Gasteiger partial charge in [-0.2, -0.15) is 5.26 Å². The van der Waals surface area contributed by atoms with Crippen LogP contribution in [0, 0.1) is 25.2 Å². The summed E-state index contributed by atoms with van der Waals surface area (Å²) < 4.78 is 0. The molecule has 0 unspecified atom stereocenters. The van der Waals surface area contributed by atoms with Crippen LogP contribution in [0.3, 0.4) is 0 Å². The summed E-state index contributed by atoms with van der Waals surface area (Å²) in [5.41, 5.74) is 6.63. The minimum atomic E-state index is 0.525. The second-order valence-electron chi connectivity index (χ2n) is 5.99. The zero-order chi connectivity index (χ0) is 16.7. The molecule has 0 bridgehead atoms. The second-order valence-corrected chi connectivity index (χ2v) is 5.99. The molecule has 0 aliphatic rings. The molecule has 0 fully saturated rings. The lowest BCUT2D eigenvalue weighted by molar-refractivity contribution is 1.27. The highest BCUT2D eigenvalue weighted by atomic mass is 14.9. The third-order valence-electron chi connectivity index (χ3n) is 4.25. The van der Waals surface area contributed by atoms with Crippen molar-refractivity contribution in [3.63, 3.8) is 0 Å². The standard InChI is InChI=1S/C20H16N4/c1-12-7-8-18-19(9-12)24-20(23-18)14(11-21)10-16-13(2)22-17-6-4-3-5-15(16)17/h3-10,22H,1-2H3,(H,23,24)/b14-10-. The van der Waals surface area contributed by atoms with Crippen LogP contribution in [0.2, 0.25) is 0 Å². The number of para-hydroxylation sites is 1. The Hall–Kier alpha value is -3.32. The summed E-state index contributed by atoms with van der Waals surface area (Å²) in [4.78, 5) is 11.2. The van der Waals surface area contributed by atoms with Gasteiger partial charge in [-0.05, 0) is 43.7 Å². The Labute approximate surface area is 139 Å². The molecule has 0 aliphatic carbocycles. The lowest BCUT2D eigenvalue weighted by Crippen LogP contribution is -1.85. The minimum Gasteiger partial charge on any atom is -0.358 e. The molecular weight excluding hydrogens is 296 g/mol. The average Bonchev–Trinajstić information content (AvgIpc) is 3.12. The number of aromatic nitrogens is 3. The molecule has 2 heterocycles. The average molecular weight is 312 g/mol. The first kappa shape index (κ1) is 14.3. The number of rotatable bonds is 2. The Bertz CT molecular complexity index is 1140. The Balaban J connectivity index is 1.89. The van der Waals surface area contributed by atoms with E-state index in [2.05, 4.69) is 27.1 Å². The van der Waals surface area contributed by atoms with E-state index < -0.39 is 0 Å². The van der Waals surface area contributed by atoms with Crippen LogP contribution in [-0.2, 0) is 0 Å². The molecule has 2 N–H and O–H groups in total. The van der Waals surface area contributed by atoms with Crippen LogP contribution in [0.4, 0.5) is 0 Å². The minimum absolute atomic E-state index is 0.525. The van der Waals surface area contributed by atoms with Gasteiger partial charge in [-0.15, -0.1) is 0 Å². The zero-order valence-corrected chi connectivity index (χ0v) is 13.5. The molecule has 4 aromatic rings. The highest BCUT2D eigenvalue weighted by Gasteiger charge is 2.11. The quantitative estimate of drug-likeness (QED) is 0.526. The summed E-state index contributed by atoms with van der Waals surface area (Å²) in [7, 11) is 0. The van der Waals surface area contributed by atoms with E-state index in [1.54, 1.807) is 0 Å². The molecule has 4 nitrogen and oxygen atoms in total. The predicted octanol–water partition coefficient (Wildman–Crippen LogP) is 4.73. The van der Waals surface area contributed by atoms with Gasteiger partial charge in [0.1, 0.15) is 11.9 Å². The number of hydrogen-bond acceptors (Lipinski definition) is 2. The van der Waals surface area contributed by atoms with Gasteiger partial charge in [0.05, 0.1) is 16.6 Å². The normalized spacial score (nSPS) is 12.0. The summed E-state index contributed by atoms with van der Waals surface area (Å²) in [6, 6.07) is 16.4. The third kappa shape index (κ3) is 2.27. The maximum absolute atomic E-state index is 9.63. The number of allylic oxidation sites excluding steroid dienone is 1. The Morgan fingerprint density at radius 2 is 1.92 bits per heavy atom. The van der Waals surface area contributed by atoms with E-state index in [0.29, 0.717) is 11.4 Å². The molecule has 0 spiro atoms. The number of nitrogens with zero attached hydrogens (tertiary/aromatic N) is 2. The van der Waals surface area contributed by atoms with Crippen molar-refractivity contribution in [1.82, 2.24) is 15.0 Å². The van der Waals surface area contributed by atoms with Crippen LogP contribution in [-0.4, -0.2) is 15.0 Å². The van der Waals surface area contributed by atoms with Crippen LogP contribution < -0.4 is 0 Å². The maximum atomic E-state index is 9.63. The van der Waals surface area contributed by atoms with Gasteiger partial charge in [-0.1, -0.05) is 24.3 Å². The van der Waals surface area contributed by atoms with Gasteiger partial charge in [-0.25, -0.2) is 4.98 Å². The van der Waals surface area contributed by atoms with E-state index in [1.165, 1.54) is 0 Å². The lowest BCUT2D eigenvalue weighted by atomic mass is 10.1. The smallest absolute Gasteiger partial charge is 0.149 e. The number of hydrogen-bond donors (Lipinski definition) is 2.